The van der Waals surface area contributed by atoms with Gasteiger partial charge in [-0.15, -0.1) is 12.4 Å². The van der Waals surface area contributed by atoms with E-state index in [1.807, 2.05) is 0 Å². The Morgan fingerprint density at radius 3 is 2.25 bits per heavy atom. The summed E-state index contributed by atoms with van der Waals surface area (Å²) in [6, 6.07) is -0.157. The number of rotatable bonds is 5. The van der Waals surface area contributed by atoms with Gasteiger partial charge >= 0.3 is 0 Å². The Balaban J connectivity index is 0. The second kappa shape index (κ2) is 7.80. The fourth-order valence-electron chi connectivity index (χ4n) is 0.996. The summed E-state index contributed by atoms with van der Waals surface area (Å²) in [4.78, 5) is 0. The van der Waals surface area contributed by atoms with Crippen LogP contribution in [0.4, 0.5) is 0 Å². The minimum Gasteiger partial charge on any atom is -0.389 e. The Hall–Kier alpha value is 0.170. The molecule has 76 valence electrons. The number of hydrogen-bond donors (Lipinski definition) is 2. The maximum Gasteiger partial charge on any atom is 0.0924 e. The maximum atomic E-state index is 9.32. The van der Waals surface area contributed by atoms with Crippen molar-refractivity contribution in [1.82, 2.24) is 0 Å². The highest BCUT2D eigenvalue weighted by molar-refractivity contribution is 5.85. The highest BCUT2D eigenvalue weighted by atomic mass is 35.5. The standard InChI is InChI=1S/C8H19NO2.ClH/c1-6(2)4-7(9)8(10)5-11-3;/h6-8,10H,4-5,9H2,1-3H3;1H/t7-,8?;/m0./s1. The molecule has 0 amide bonds. The predicted octanol–water partition coefficient (Wildman–Crippen LogP) is 0.789. The third kappa shape index (κ3) is 6.85. The van der Waals surface area contributed by atoms with Gasteiger partial charge in [-0.1, -0.05) is 13.8 Å². The van der Waals surface area contributed by atoms with Gasteiger partial charge in [0.25, 0.3) is 0 Å². The molecule has 0 bridgehead atoms. The molecule has 0 aliphatic heterocycles. The van der Waals surface area contributed by atoms with E-state index in [4.69, 9.17) is 10.5 Å². The van der Waals surface area contributed by atoms with Crippen molar-refractivity contribution in [1.29, 1.82) is 0 Å². The van der Waals surface area contributed by atoms with Crippen LogP contribution in [0.5, 0.6) is 0 Å². The lowest BCUT2D eigenvalue weighted by molar-refractivity contribution is 0.0434. The minimum atomic E-state index is -0.526. The largest absolute Gasteiger partial charge is 0.389 e. The third-order valence-electron chi connectivity index (χ3n) is 1.58. The van der Waals surface area contributed by atoms with Crippen molar-refractivity contribution >= 4 is 12.4 Å². The number of halogens is 1. The molecule has 1 unspecified atom stereocenters. The Morgan fingerprint density at radius 1 is 1.42 bits per heavy atom. The summed E-state index contributed by atoms with van der Waals surface area (Å²) in [6.45, 7) is 4.49. The second-order valence-electron chi connectivity index (χ2n) is 3.32. The SMILES string of the molecule is COCC(O)[C@@H](N)CC(C)C.Cl. The normalized spacial score (nSPS) is 15.5. The van der Waals surface area contributed by atoms with Gasteiger partial charge in [-0.2, -0.15) is 0 Å². The molecule has 4 heteroatoms. The molecule has 0 aromatic carbocycles. The summed E-state index contributed by atoms with van der Waals surface area (Å²) in [5.41, 5.74) is 5.67. The van der Waals surface area contributed by atoms with Gasteiger partial charge in [-0.3, -0.25) is 0 Å². The fourth-order valence-corrected chi connectivity index (χ4v) is 0.996. The molecule has 0 heterocycles. The third-order valence-corrected chi connectivity index (χ3v) is 1.58. The molecule has 0 aliphatic rings. The highest BCUT2D eigenvalue weighted by Crippen LogP contribution is 2.05. The smallest absolute Gasteiger partial charge is 0.0924 e. The molecule has 0 saturated carbocycles. The van der Waals surface area contributed by atoms with Gasteiger partial charge in [0.05, 0.1) is 12.7 Å². The molecular weight excluding hydrogens is 178 g/mol. The molecule has 0 radical (unpaired) electrons. The van der Waals surface area contributed by atoms with Crippen LogP contribution in [0.25, 0.3) is 0 Å². The van der Waals surface area contributed by atoms with E-state index in [0.717, 1.165) is 6.42 Å². The summed E-state index contributed by atoms with van der Waals surface area (Å²) in [5.74, 6) is 0.525. The van der Waals surface area contributed by atoms with Crippen molar-refractivity contribution in [2.75, 3.05) is 13.7 Å². The summed E-state index contributed by atoms with van der Waals surface area (Å²) in [6.07, 6.45) is 0.312. The van der Waals surface area contributed by atoms with Gasteiger partial charge in [0.15, 0.2) is 0 Å². The molecule has 0 aromatic heterocycles. The van der Waals surface area contributed by atoms with Crippen LogP contribution in [-0.4, -0.2) is 31.0 Å². The zero-order valence-corrected chi connectivity index (χ0v) is 8.80. The van der Waals surface area contributed by atoms with E-state index in [1.54, 1.807) is 7.11 Å². The number of methoxy groups -OCH3 is 1. The topological polar surface area (TPSA) is 55.5 Å². The van der Waals surface area contributed by atoms with Crippen LogP contribution in [0.15, 0.2) is 0 Å². The van der Waals surface area contributed by atoms with Crippen molar-refractivity contribution in [2.45, 2.75) is 32.4 Å². The Bertz CT molecular complexity index is 101. The van der Waals surface area contributed by atoms with Gasteiger partial charge in [-0.25, -0.2) is 0 Å². The molecule has 3 nitrogen and oxygen atoms in total. The predicted molar refractivity (Wildman–Crippen MR) is 52.6 cm³/mol. The molecule has 12 heavy (non-hydrogen) atoms. The lowest BCUT2D eigenvalue weighted by Crippen LogP contribution is -2.38. The zero-order valence-electron chi connectivity index (χ0n) is 7.99. The lowest BCUT2D eigenvalue weighted by atomic mass is 10.0. The number of hydrogen-bond acceptors (Lipinski definition) is 3. The van der Waals surface area contributed by atoms with E-state index >= 15 is 0 Å². The summed E-state index contributed by atoms with van der Waals surface area (Å²) in [5, 5.41) is 9.32. The van der Waals surface area contributed by atoms with Crippen molar-refractivity contribution in [3.63, 3.8) is 0 Å². The van der Waals surface area contributed by atoms with Crippen LogP contribution in [-0.2, 0) is 4.74 Å². The van der Waals surface area contributed by atoms with Crippen molar-refractivity contribution < 1.29 is 9.84 Å². The zero-order chi connectivity index (χ0) is 8.85. The van der Waals surface area contributed by atoms with Crippen LogP contribution in [0.1, 0.15) is 20.3 Å². The quantitative estimate of drug-likeness (QED) is 0.685. The number of ether oxygens (including phenoxy) is 1. The number of aliphatic hydroxyl groups is 1. The van der Waals surface area contributed by atoms with E-state index in [2.05, 4.69) is 13.8 Å². The molecule has 0 spiro atoms. The lowest BCUT2D eigenvalue weighted by Gasteiger charge is -2.19. The van der Waals surface area contributed by atoms with E-state index in [1.165, 1.54) is 0 Å². The molecule has 0 saturated heterocycles. The Morgan fingerprint density at radius 2 is 1.92 bits per heavy atom. The first kappa shape index (κ1) is 14.7. The molecule has 0 aromatic rings. The first-order chi connectivity index (χ1) is 5.07. The van der Waals surface area contributed by atoms with Crippen LogP contribution in [0.3, 0.4) is 0 Å². The molecular formula is C8H20ClNO2. The number of nitrogens with two attached hydrogens (primary N) is 1. The van der Waals surface area contributed by atoms with Crippen LogP contribution in [0.2, 0.25) is 0 Å². The maximum absolute atomic E-state index is 9.32. The van der Waals surface area contributed by atoms with E-state index < -0.39 is 6.10 Å². The molecule has 0 fully saturated rings. The van der Waals surface area contributed by atoms with Gasteiger partial charge in [0.2, 0.25) is 0 Å². The van der Waals surface area contributed by atoms with Crippen molar-refractivity contribution in [3.05, 3.63) is 0 Å². The van der Waals surface area contributed by atoms with Crippen molar-refractivity contribution in [2.24, 2.45) is 11.7 Å². The highest BCUT2D eigenvalue weighted by Gasteiger charge is 2.15. The van der Waals surface area contributed by atoms with Crippen molar-refractivity contribution in [3.8, 4) is 0 Å². The monoisotopic (exact) mass is 197 g/mol. The van der Waals surface area contributed by atoms with E-state index in [0.29, 0.717) is 12.5 Å². The summed E-state index contributed by atoms with van der Waals surface area (Å²) >= 11 is 0. The van der Waals surface area contributed by atoms with Crippen LogP contribution < -0.4 is 5.73 Å². The molecule has 2 atom stereocenters. The van der Waals surface area contributed by atoms with Crippen LogP contribution in [0, 0.1) is 5.92 Å². The van der Waals surface area contributed by atoms with Gasteiger partial charge in [-0.05, 0) is 12.3 Å². The van der Waals surface area contributed by atoms with Gasteiger partial charge < -0.3 is 15.6 Å². The molecule has 3 N–H and O–H groups in total. The summed E-state index contributed by atoms with van der Waals surface area (Å²) in [7, 11) is 1.56. The van der Waals surface area contributed by atoms with Gasteiger partial charge in [0.1, 0.15) is 0 Å². The Labute approximate surface area is 80.7 Å². The second-order valence-corrected chi connectivity index (χ2v) is 3.32. The minimum absolute atomic E-state index is 0. The van der Waals surface area contributed by atoms with Crippen LogP contribution >= 0.6 is 12.4 Å². The van der Waals surface area contributed by atoms with E-state index in [-0.39, 0.29) is 18.4 Å². The number of aliphatic hydroxyl groups excluding tert-OH is 1. The Kier molecular flexibility index (Phi) is 9.54. The molecule has 0 rings (SSSR count). The first-order valence-corrected chi connectivity index (χ1v) is 4.00. The summed E-state index contributed by atoms with van der Waals surface area (Å²) < 4.78 is 4.78. The van der Waals surface area contributed by atoms with Gasteiger partial charge in [0, 0.05) is 13.2 Å². The molecule has 0 aliphatic carbocycles. The average Bonchev–Trinajstić information content (AvgIpc) is 1.86. The first-order valence-electron chi connectivity index (χ1n) is 4.00. The van der Waals surface area contributed by atoms with E-state index in [9.17, 15) is 5.11 Å². The fraction of sp³-hybridized carbons (Fsp3) is 1.00. The average molecular weight is 198 g/mol.